The molecule has 0 aliphatic carbocycles. The fraction of sp³-hybridized carbons (Fsp3) is 0.0741. The summed E-state index contributed by atoms with van der Waals surface area (Å²) in [4.78, 5) is 0. The summed E-state index contributed by atoms with van der Waals surface area (Å²) >= 11 is 0. The van der Waals surface area contributed by atoms with Crippen LogP contribution in [0.25, 0.3) is 98.5 Å². The van der Waals surface area contributed by atoms with Gasteiger partial charge in [0.25, 0.3) is 0 Å². The largest absolute Gasteiger partial charge is 0.341 e. The maximum atomic E-state index is 2.43. The first kappa shape index (κ1) is 33.7. The van der Waals surface area contributed by atoms with Gasteiger partial charge >= 0.3 is 0 Å². The summed E-state index contributed by atoms with van der Waals surface area (Å²) in [6.07, 6.45) is 0. The smallest absolute Gasteiger partial charge is 0.0497 e. The number of para-hydroxylation sites is 2. The van der Waals surface area contributed by atoms with Crippen molar-refractivity contribution in [2.24, 2.45) is 0 Å². The monoisotopic (exact) mass is 718 g/mol. The van der Waals surface area contributed by atoms with Gasteiger partial charge in [-0.2, -0.15) is 0 Å². The number of hydrogen-bond acceptors (Lipinski definition) is 0. The van der Waals surface area contributed by atoms with Crippen molar-refractivity contribution in [2.75, 3.05) is 0 Å². The van der Waals surface area contributed by atoms with E-state index in [1.54, 1.807) is 0 Å². The van der Waals surface area contributed by atoms with Gasteiger partial charge in [-0.25, -0.2) is 0 Å². The predicted molar refractivity (Wildman–Crippen MR) is 242 cm³/mol. The van der Waals surface area contributed by atoms with E-state index in [0.717, 1.165) is 13.1 Å². The molecule has 11 aromatic rings. The summed E-state index contributed by atoms with van der Waals surface area (Å²) in [5.41, 5.74) is 12.9. The second-order valence-corrected chi connectivity index (χ2v) is 14.6. The van der Waals surface area contributed by atoms with Gasteiger partial charge in [0.05, 0.1) is 0 Å². The van der Waals surface area contributed by atoms with Crippen LogP contribution in [0.5, 0.6) is 0 Å². The Kier molecular flexibility index (Phi) is 8.45. The zero-order chi connectivity index (χ0) is 37.6. The number of hydrogen-bond donors (Lipinski definition) is 0. The van der Waals surface area contributed by atoms with E-state index in [1.165, 1.54) is 98.5 Å². The minimum atomic E-state index is 0.962. The maximum Gasteiger partial charge on any atom is 0.0497 e. The summed E-state index contributed by atoms with van der Waals surface area (Å²) in [5.74, 6) is 0. The van der Waals surface area contributed by atoms with Crippen LogP contribution in [0.4, 0.5) is 0 Å². The van der Waals surface area contributed by atoms with Crippen molar-refractivity contribution in [2.45, 2.75) is 26.9 Å². The van der Waals surface area contributed by atoms with Crippen molar-refractivity contribution < 1.29 is 0 Å². The van der Waals surface area contributed by atoms with Crippen LogP contribution in [0.3, 0.4) is 0 Å². The molecule has 0 aliphatic rings. The van der Waals surface area contributed by atoms with Crippen molar-refractivity contribution in [1.82, 2.24) is 9.13 Å². The number of aryl methyl sites for hydroxylation is 2. The van der Waals surface area contributed by atoms with Gasteiger partial charge in [0.1, 0.15) is 0 Å². The van der Waals surface area contributed by atoms with Crippen molar-refractivity contribution in [3.63, 3.8) is 0 Å². The van der Waals surface area contributed by atoms with E-state index >= 15 is 0 Å². The molecular weight excluding hydrogens is 677 g/mol. The first-order chi connectivity index (χ1) is 27.7. The highest BCUT2D eigenvalue weighted by molar-refractivity contribution is 6.15. The third-order valence-corrected chi connectivity index (χ3v) is 11.6. The average molecular weight is 719 g/mol. The molecule has 11 rings (SSSR count). The molecule has 0 radical (unpaired) electrons. The molecule has 9 aromatic carbocycles. The van der Waals surface area contributed by atoms with E-state index in [1.807, 2.05) is 0 Å². The van der Waals surface area contributed by atoms with E-state index in [2.05, 4.69) is 217 Å². The molecule has 2 nitrogen and oxygen atoms in total. The van der Waals surface area contributed by atoms with Crippen LogP contribution in [-0.4, -0.2) is 9.13 Å². The molecule has 0 atom stereocenters. The quantitative estimate of drug-likeness (QED) is 0.157. The number of nitrogens with zero attached hydrogens (tertiary/aromatic N) is 2. The van der Waals surface area contributed by atoms with Crippen molar-refractivity contribution in [1.29, 1.82) is 0 Å². The highest BCUT2D eigenvalue weighted by Gasteiger charge is 2.15. The molecule has 2 heterocycles. The normalized spacial score (nSPS) is 11.5. The Bertz CT molecular complexity index is 3140. The molecule has 2 heteroatoms. The lowest BCUT2D eigenvalue weighted by molar-refractivity contribution is 0.827. The Labute approximate surface area is 327 Å². The molecule has 2 aromatic heterocycles. The van der Waals surface area contributed by atoms with Gasteiger partial charge in [-0.1, -0.05) is 164 Å². The van der Waals surface area contributed by atoms with Gasteiger partial charge in [-0.15, -0.1) is 0 Å². The van der Waals surface area contributed by atoms with Gasteiger partial charge in [-0.3, -0.25) is 0 Å². The van der Waals surface area contributed by atoms with Crippen LogP contribution in [0.2, 0.25) is 0 Å². The Morgan fingerprint density at radius 3 is 1.20 bits per heavy atom. The molecule has 268 valence electrons. The van der Waals surface area contributed by atoms with Crippen molar-refractivity contribution >= 4 is 65.2 Å². The average Bonchev–Trinajstić information content (AvgIpc) is 3.77. The van der Waals surface area contributed by atoms with Crippen LogP contribution < -0.4 is 0 Å². The first-order valence-corrected chi connectivity index (χ1v) is 19.8. The van der Waals surface area contributed by atoms with Gasteiger partial charge in [-0.05, 0) is 99.1 Å². The van der Waals surface area contributed by atoms with Crippen LogP contribution in [0.1, 0.15) is 13.8 Å². The molecule has 56 heavy (non-hydrogen) atoms. The van der Waals surface area contributed by atoms with Crippen LogP contribution >= 0.6 is 0 Å². The highest BCUT2D eigenvalue weighted by atomic mass is 15.0. The lowest BCUT2D eigenvalue weighted by atomic mass is 9.91. The maximum absolute atomic E-state index is 2.43. The van der Waals surface area contributed by atoms with Gasteiger partial charge in [0.2, 0.25) is 0 Å². The first-order valence-electron chi connectivity index (χ1n) is 19.8. The topological polar surface area (TPSA) is 9.86 Å². The lowest BCUT2D eigenvalue weighted by Gasteiger charge is -2.13. The van der Waals surface area contributed by atoms with Gasteiger partial charge in [0.15, 0.2) is 0 Å². The van der Waals surface area contributed by atoms with E-state index < -0.39 is 0 Å². The summed E-state index contributed by atoms with van der Waals surface area (Å²) < 4.78 is 4.84. The molecule has 0 aliphatic heterocycles. The zero-order valence-corrected chi connectivity index (χ0v) is 31.8. The molecule has 0 saturated carbocycles. The summed E-state index contributed by atoms with van der Waals surface area (Å²) in [6, 6.07) is 70.4. The number of benzene rings is 9. The molecule has 0 bridgehead atoms. The summed E-state index contributed by atoms with van der Waals surface area (Å²) in [5, 5.41) is 10.5. The van der Waals surface area contributed by atoms with E-state index in [4.69, 9.17) is 0 Å². The van der Waals surface area contributed by atoms with Crippen LogP contribution in [0.15, 0.2) is 194 Å². The Hall–Kier alpha value is -6.90. The van der Waals surface area contributed by atoms with E-state index in [9.17, 15) is 0 Å². The molecule has 0 saturated heterocycles. The molecule has 0 unspecified atom stereocenters. The Balaban J connectivity index is 0.000000138. The van der Waals surface area contributed by atoms with Crippen molar-refractivity contribution in [3.8, 4) is 33.4 Å². The highest BCUT2D eigenvalue weighted by Crippen LogP contribution is 2.39. The van der Waals surface area contributed by atoms with Gasteiger partial charge < -0.3 is 9.13 Å². The molecule has 0 amide bonds. The second kappa shape index (κ2) is 14.1. The molecular formula is C54H42N2. The molecule has 0 spiro atoms. The lowest BCUT2D eigenvalue weighted by Crippen LogP contribution is -1.93. The molecule has 0 N–H and O–H groups in total. The number of fused-ring (bicyclic) bond motifs is 8. The van der Waals surface area contributed by atoms with Crippen LogP contribution in [0, 0.1) is 0 Å². The Morgan fingerprint density at radius 2 is 0.661 bits per heavy atom. The zero-order valence-electron chi connectivity index (χ0n) is 31.8. The Morgan fingerprint density at radius 1 is 0.286 bits per heavy atom. The minimum Gasteiger partial charge on any atom is -0.341 e. The van der Waals surface area contributed by atoms with E-state index in [0.29, 0.717) is 0 Å². The third kappa shape index (κ3) is 5.65. The van der Waals surface area contributed by atoms with Crippen LogP contribution in [-0.2, 0) is 13.1 Å². The standard InChI is InChI=1S/C28H21N.C26H21N/c1-2-29-26-14-8-7-13-24(26)25-16-15-21(18-27(25)29)28-22-11-5-3-9-19(22)17-20-10-4-6-12-23(20)28;1-2-27-25-11-7-6-10-23(25)24-17-16-22(18-26(24)27)21-14-12-20(13-15-21)19-8-4-3-5-9-19/h3-18H,2H2,1H3;3-18H,2H2,1H3. The summed E-state index contributed by atoms with van der Waals surface area (Å²) in [6.45, 7) is 6.38. The SMILES string of the molecule is CCn1c2ccccc2c2ccc(-c3c4ccccc4cc4ccccc34)cc21.CCn1c2ccccc2c2ccc(-c3ccc(-c4ccccc4)cc3)cc21. The number of rotatable bonds is 5. The van der Waals surface area contributed by atoms with Gasteiger partial charge in [0, 0.05) is 56.7 Å². The van der Waals surface area contributed by atoms with Crippen molar-refractivity contribution in [3.05, 3.63) is 194 Å². The fourth-order valence-corrected chi connectivity index (χ4v) is 8.93. The molecule has 0 fully saturated rings. The fourth-order valence-electron chi connectivity index (χ4n) is 8.93. The summed E-state index contributed by atoms with van der Waals surface area (Å²) in [7, 11) is 0. The second-order valence-electron chi connectivity index (χ2n) is 14.6. The third-order valence-electron chi connectivity index (χ3n) is 11.6. The van der Waals surface area contributed by atoms with E-state index in [-0.39, 0.29) is 0 Å². The minimum absolute atomic E-state index is 0.962. The predicted octanol–water partition coefficient (Wildman–Crippen LogP) is 14.9. The number of aromatic nitrogens is 2.